The molecule has 2 aliphatic heterocycles. The maximum Gasteiger partial charge on any atom is 0.251 e. The number of amides is 2. The number of carbonyl (C=O) groups is 2. The average Bonchev–Trinajstić information content (AvgIpc) is 3.35. The summed E-state index contributed by atoms with van der Waals surface area (Å²) in [6.07, 6.45) is 4.08. The average molecular weight is 528 g/mol. The topological polar surface area (TPSA) is 89.4 Å². The van der Waals surface area contributed by atoms with Crippen LogP contribution in [-0.4, -0.2) is 58.3 Å². The Bertz CT molecular complexity index is 1570. The Kier molecular flexibility index (Phi) is 6.60. The molecule has 2 aromatic carbocycles. The molecule has 0 unspecified atom stereocenters. The molecule has 2 aromatic heterocycles. The fraction of sp³-hybridized carbons (Fsp3) is 0.333. The Morgan fingerprint density at radius 1 is 1.10 bits per heavy atom. The third-order valence-corrected chi connectivity index (χ3v) is 7.83. The van der Waals surface area contributed by atoms with Gasteiger partial charge in [-0.2, -0.15) is 5.10 Å². The summed E-state index contributed by atoms with van der Waals surface area (Å²) in [5.41, 5.74) is 5.12. The van der Waals surface area contributed by atoms with Crippen molar-refractivity contribution in [3.05, 3.63) is 71.3 Å². The molecule has 1 saturated heterocycles. The van der Waals surface area contributed by atoms with Crippen molar-refractivity contribution >= 4 is 22.6 Å². The lowest BCUT2D eigenvalue weighted by atomic mass is 9.96. The minimum absolute atomic E-state index is 0.00227. The zero-order valence-corrected chi connectivity index (χ0v) is 22.0. The fourth-order valence-corrected chi connectivity index (χ4v) is 5.68. The van der Waals surface area contributed by atoms with Crippen molar-refractivity contribution in [1.29, 1.82) is 0 Å². The van der Waals surface area contributed by atoms with Crippen molar-refractivity contribution in [2.24, 2.45) is 0 Å². The van der Waals surface area contributed by atoms with E-state index in [1.54, 1.807) is 43.3 Å². The number of benzene rings is 2. The van der Waals surface area contributed by atoms with Gasteiger partial charge in [0.1, 0.15) is 11.5 Å². The van der Waals surface area contributed by atoms with Gasteiger partial charge < -0.3 is 15.0 Å². The van der Waals surface area contributed by atoms with E-state index in [0.717, 1.165) is 40.7 Å². The summed E-state index contributed by atoms with van der Waals surface area (Å²) in [7, 11) is 1.60. The van der Waals surface area contributed by atoms with E-state index < -0.39 is 0 Å². The third kappa shape index (κ3) is 4.57. The first-order chi connectivity index (χ1) is 18.9. The van der Waals surface area contributed by atoms with Crippen molar-refractivity contribution in [2.75, 3.05) is 26.8 Å². The van der Waals surface area contributed by atoms with Crippen LogP contribution in [0.4, 0.5) is 4.39 Å². The molecule has 4 aromatic rings. The molecule has 9 heteroatoms. The number of fused-ring (bicyclic) bond motifs is 2. The number of ether oxygens (including phenoxy) is 1. The van der Waals surface area contributed by atoms with E-state index in [-0.39, 0.29) is 23.7 Å². The molecule has 1 N–H and O–H groups in total. The van der Waals surface area contributed by atoms with Crippen LogP contribution in [0.3, 0.4) is 0 Å². The molecule has 0 atom stereocenters. The number of carbonyl (C=O) groups excluding carboxylic acids is 2. The number of hydrogen-bond acceptors (Lipinski definition) is 5. The normalized spacial score (nSPS) is 15.8. The predicted molar refractivity (Wildman–Crippen MR) is 146 cm³/mol. The molecule has 6 rings (SSSR count). The maximum absolute atomic E-state index is 15.6. The van der Waals surface area contributed by atoms with Gasteiger partial charge >= 0.3 is 0 Å². The van der Waals surface area contributed by atoms with Crippen molar-refractivity contribution in [3.8, 4) is 22.5 Å². The summed E-state index contributed by atoms with van der Waals surface area (Å²) < 4.78 is 23.3. The summed E-state index contributed by atoms with van der Waals surface area (Å²) >= 11 is 0. The van der Waals surface area contributed by atoms with Gasteiger partial charge in [-0.25, -0.2) is 4.39 Å². The molecule has 2 amide bonds. The number of aromatic nitrogens is 3. The molecule has 0 spiro atoms. The van der Waals surface area contributed by atoms with Crippen LogP contribution in [0.2, 0.25) is 0 Å². The van der Waals surface area contributed by atoms with Crippen LogP contribution in [0.5, 0.6) is 0 Å². The molecule has 8 nitrogen and oxygen atoms in total. The van der Waals surface area contributed by atoms with Gasteiger partial charge in [-0.3, -0.25) is 19.3 Å². The highest BCUT2D eigenvalue weighted by atomic mass is 19.1. The fourth-order valence-electron chi connectivity index (χ4n) is 5.68. The minimum atomic E-state index is -0.369. The van der Waals surface area contributed by atoms with E-state index in [2.05, 4.69) is 15.0 Å². The van der Waals surface area contributed by atoms with Gasteiger partial charge in [0, 0.05) is 86.2 Å². The zero-order valence-electron chi connectivity index (χ0n) is 22.0. The van der Waals surface area contributed by atoms with E-state index in [9.17, 15) is 9.59 Å². The molecule has 0 saturated carbocycles. The predicted octanol–water partition coefficient (Wildman–Crippen LogP) is 4.52. The van der Waals surface area contributed by atoms with Crippen molar-refractivity contribution < 1.29 is 18.7 Å². The Morgan fingerprint density at radius 3 is 2.59 bits per heavy atom. The summed E-state index contributed by atoms with van der Waals surface area (Å²) in [5, 5.41) is 9.14. The molecule has 4 heterocycles. The molecule has 39 heavy (non-hydrogen) atoms. The van der Waals surface area contributed by atoms with E-state index >= 15 is 4.39 Å². The van der Waals surface area contributed by atoms with Crippen LogP contribution in [0.25, 0.3) is 33.3 Å². The SMILES string of the molecule is CNC(=O)c1ccc(-c2cc3ccc(F)c(-c4nn(C5CCOCC5)c5c4CN(C(C)=O)CC5)c3cn2)cc1. The van der Waals surface area contributed by atoms with Crippen LogP contribution < -0.4 is 5.32 Å². The molecule has 0 radical (unpaired) electrons. The van der Waals surface area contributed by atoms with E-state index in [1.807, 2.05) is 18.2 Å². The smallest absolute Gasteiger partial charge is 0.251 e. The van der Waals surface area contributed by atoms with Gasteiger partial charge in [0.05, 0.1) is 11.7 Å². The van der Waals surface area contributed by atoms with Gasteiger partial charge in [-0.15, -0.1) is 0 Å². The second-order valence-corrected chi connectivity index (χ2v) is 10.1. The number of nitrogens with one attached hydrogen (secondary N) is 1. The lowest BCUT2D eigenvalue weighted by molar-refractivity contribution is -0.129. The summed E-state index contributed by atoms with van der Waals surface area (Å²) in [6.45, 7) is 3.94. The van der Waals surface area contributed by atoms with E-state index in [1.165, 1.54) is 6.07 Å². The van der Waals surface area contributed by atoms with Gasteiger partial charge in [-0.1, -0.05) is 18.2 Å². The Labute approximate surface area is 225 Å². The molecule has 2 aliphatic rings. The second-order valence-electron chi connectivity index (χ2n) is 10.1. The van der Waals surface area contributed by atoms with Crippen molar-refractivity contribution in [3.63, 3.8) is 0 Å². The van der Waals surface area contributed by atoms with Gasteiger partial charge in [0.2, 0.25) is 5.91 Å². The molecular formula is C30H30FN5O3. The lowest BCUT2D eigenvalue weighted by Gasteiger charge is -2.29. The van der Waals surface area contributed by atoms with Gasteiger partial charge in [0.25, 0.3) is 5.91 Å². The maximum atomic E-state index is 15.6. The summed E-state index contributed by atoms with van der Waals surface area (Å²) in [4.78, 5) is 30.6. The highest BCUT2D eigenvalue weighted by molar-refractivity contribution is 5.98. The Morgan fingerprint density at radius 2 is 1.87 bits per heavy atom. The van der Waals surface area contributed by atoms with Crippen LogP contribution >= 0.6 is 0 Å². The monoisotopic (exact) mass is 527 g/mol. The number of pyridine rings is 1. The molecule has 0 aliphatic carbocycles. The van der Waals surface area contributed by atoms with Gasteiger partial charge in [-0.05, 0) is 42.5 Å². The molecule has 200 valence electrons. The zero-order chi connectivity index (χ0) is 27.1. The van der Waals surface area contributed by atoms with Gasteiger partial charge in [0.15, 0.2) is 0 Å². The van der Waals surface area contributed by atoms with Crippen molar-refractivity contribution in [1.82, 2.24) is 25.0 Å². The highest BCUT2D eigenvalue weighted by Gasteiger charge is 2.31. The quantitative estimate of drug-likeness (QED) is 0.422. The van der Waals surface area contributed by atoms with Crippen LogP contribution in [0.1, 0.15) is 47.4 Å². The van der Waals surface area contributed by atoms with Crippen molar-refractivity contribution in [2.45, 2.75) is 38.8 Å². The minimum Gasteiger partial charge on any atom is -0.381 e. The third-order valence-electron chi connectivity index (χ3n) is 7.83. The highest BCUT2D eigenvalue weighted by Crippen LogP contribution is 2.39. The first kappa shape index (κ1) is 25.2. The molecule has 1 fully saturated rings. The Balaban J connectivity index is 1.46. The number of nitrogens with zero attached hydrogens (tertiary/aromatic N) is 4. The standard InChI is InChI=1S/C30H30FN5O3/c1-18(37)35-12-9-27-24(17-35)29(34-36(27)22-10-13-39-14-11-22)28-23-16-33-26(15-21(23)7-8-25(28)31)19-3-5-20(6-4-19)30(38)32-2/h3-8,15-16,22H,9-14,17H2,1-2H3,(H,32,38). The molecular weight excluding hydrogens is 497 g/mol. The van der Waals surface area contributed by atoms with Crippen LogP contribution in [0, 0.1) is 5.82 Å². The van der Waals surface area contributed by atoms with Crippen LogP contribution in [-0.2, 0) is 22.5 Å². The number of halogens is 1. The summed E-state index contributed by atoms with van der Waals surface area (Å²) in [6, 6.07) is 12.6. The van der Waals surface area contributed by atoms with E-state index in [0.29, 0.717) is 54.9 Å². The largest absolute Gasteiger partial charge is 0.381 e. The molecule has 0 bridgehead atoms. The van der Waals surface area contributed by atoms with Crippen LogP contribution in [0.15, 0.2) is 48.7 Å². The summed E-state index contributed by atoms with van der Waals surface area (Å²) in [5.74, 6) is -0.524. The first-order valence-corrected chi connectivity index (χ1v) is 13.3. The number of hydrogen-bond donors (Lipinski definition) is 1. The van der Waals surface area contributed by atoms with E-state index in [4.69, 9.17) is 9.84 Å². The lowest BCUT2D eigenvalue weighted by Crippen LogP contribution is -2.35. The number of rotatable bonds is 4. The Hall–Kier alpha value is -4.11. The first-order valence-electron chi connectivity index (χ1n) is 13.3. The second kappa shape index (κ2) is 10.2.